The third kappa shape index (κ3) is 3.43. The van der Waals surface area contributed by atoms with E-state index < -0.39 is 0 Å². The Morgan fingerprint density at radius 2 is 1.73 bits per heavy atom. The van der Waals surface area contributed by atoms with Crippen LogP contribution in [0.25, 0.3) is 15.9 Å². The van der Waals surface area contributed by atoms with Gasteiger partial charge in [-0.3, -0.25) is 4.79 Å². The average molecular weight is 419 g/mol. The molecule has 0 saturated carbocycles. The van der Waals surface area contributed by atoms with Gasteiger partial charge >= 0.3 is 0 Å². The highest BCUT2D eigenvalue weighted by Crippen LogP contribution is 2.27. The summed E-state index contributed by atoms with van der Waals surface area (Å²) < 4.78 is 2.99. The van der Waals surface area contributed by atoms with Crippen molar-refractivity contribution >= 4 is 33.1 Å². The fourth-order valence-corrected chi connectivity index (χ4v) is 4.90. The molecule has 4 heterocycles. The summed E-state index contributed by atoms with van der Waals surface area (Å²) in [4.78, 5) is 26.7. The predicted molar refractivity (Wildman–Crippen MR) is 119 cm³/mol. The van der Waals surface area contributed by atoms with Crippen molar-refractivity contribution in [3.8, 4) is 5.82 Å². The van der Waals surface area contributed by atoms with Gasteiger partial charge in [0.1, 0.15) is 12.1 Å². The molecule has 0 bridgehead atoms. The van der Waals surface area contributed by atoms with E-state index in [-0.39, 0.29) is 5.91 Å². The van der Waals surface area contributed by atoms with Crippen molar-refractivity contribution in [1.82, 2.24) is 24.6 Å². The minimum atomic E-state index is 0.113. The molecule has 0 aliphatic carbocycles. The second-order valence-corrected chi connectivity index (χ2v) is 8.58. The monoisotopic (exact) mass is 418 g/mol. The lowest BCUT2D eigenvalue weighted by molar-refractivity contribution is 0.0751. The maximum atomic E-state index is 13.0. The molecule has 4 aromatic rings. The molecule has 0 unspecified atom stereocenters. The predicted octanol–water partition coefficient (Wildman–Crippen LogP) is 3.46. The third-order valence-corrected chi connectivity index (χ3v) is 6.50. The van der Waals surface area contributed by atoms with Crippen molar-refractivity contribution in [3.05, 3.63) is 65.1 Å². The van der Waals surface area contributed by atoms with Gasteiger partial charge in [-0.15, -0.1) is 11.3 Å². The van der Waals surface area contributed by atoms with Crippen molar-refractivity contribution in [3.63, 3.8) is 0 Å². The highest BCUT2D eigenvalue weighted by Gasteiger charge is 2.24. The molecule has 1 amide bonds. The summed E-state index contributed by atoms with van der Waals surface area (Å²) in [5, 5.41) is 5.64. The first-order chi connectivity index (χ1) is 14.6. The minimum Gasteiger partial charge on any atom is -0.353 e. The van der Waals surface area contributed by atoms with Gasteiger partial charge in [0.25, 0.3) is 5.91 Å². The molecule has 1 aliphatic rings. The molecular weight excluding hydrogens is 396 g/mol. The molecule has 7 nitrogen and oxygen atoms in total. The average Bonchev–Trinajstić information content (AvgIpc) is 3.36. The summed E-state index contributed by atoms with van der Waals surface area (Å²) in [7, 11) is 0. The quantitative estimate of drug-likeness (QED) is 0.510. The molecule has 1 aliphatic heterocycles. The second kappa shape index (κ2) is 7.53. The highest BCUT2D eigenvalue weighted by atomic mass is 32.1. The Morgan fingerprint density at radius 1 is 0.967 bits per heavy atom. The smallest absolute Gasteiger partial charge is 0.264 e. The number of aromatic nitrogens is 4. The summed E-state index contributed by atoms with van der Waals surface area (Å²) in [5.74, 6) is 1.73. The Labute approximate surface area is 178 Å². The fourth-order valence-electron chi connectivity index (χ4n) is 3.87. The summed E-state index contributed by atoms with van der Waals surface area (Å²) in [6.07, 6.45) is 1.58. The molecule has 1 saturated heterocycles. The van der Waals surface area contributed by atoms with Crippen LogP contribution in [0, 0.1) is 13.8 Å². The Kier molecular flexibility index (Phi) is 4.71. The molecule has 1 aromatic carbocycles. The van der Waals surface area contributed by atoms with Crippen molar-refractivity contribution < 1.29 is 4.79 Å². The van der Waals surface area contributed by atoms with Gasteiger partial charge in [-0.05, 0) is 37.4 Å². The number of carbonyl (C=O) groups excluding carboxylic acids is 1. The van der Waals surface area contributed by atoms with Gasteiger partial charge in [-0.2, -0.15) is 5.10 Å². The van der Waals surface area contributed by atoms with Crippen LogP contribution in [-0.4, -0.2) is 56.7 Å². The molecule has 0 radical (unpaired) electrons. The normalized spacial score (nSPS) is 14.5. The van der Waals surface area contributed by atoms with E-state index in [1.807, 2.05) is 53.8 Å². The Bertz CT molecular complexity index is 1190. The number of aryl methyl sites for hydroxylation is 2. The highest BCUT2D eigenvalue weighted by molar-refractivity contribution is 7.20. The summed E-state index contributed by atoms with van der Waals surface area (Å²) in [6, 6.07) is 14.1. The van der Waals surface area contributed by atoms with Crippen LogP contribution in [0.2, 0.25) is 0 Å². The number of rotatable bonds is 3. The number of thiophene rings is 1. The number of nitrogens with zero attached hydrogens (tertiary/aromatic N) is 6. The van der Waals surface area contributed by atoms with Gasteiger partial charge in [0.2, 0.25) is 0 Å². The van der Waals surface area contributed by atoms with Crippen molar-refractivity contribution in [2.45, 2.75) is 13.8 Å². The van der Waals surface area contributed by atoms with Crippen LogP contribution in [0.3, 0.4) is 0 Å². The van der Waals surface area contributed by atoms with Crippen LogP contribution in [-0.2, 0) is 0 Å². The third-order valence-electron chi connectivity index (χ3n) is 5.39. The van der Waals surface area contributed by atoms with E-state index in [0.29, 0.717) is 13.1 Å². The Balaban J connectivity index is 1.29. The van der Waals surface area contributed by atoms with E-state index in [1.54, 1.807) is 17.7 Å². The molecule has 0 N–H and O–H groups in total. The molecule has 1 fully saturated rings. The van der Waals surface area contributed by atoms with Crippen LogP contribution in [0.5, 0.6) is 0 Å². The van der Waals surface area contributed by atoms with Gasteiger partial charge in [0.15, 0.2) is 5.82 Å². The van der Waals surface area contributed by atoms with Crippen LogP contribution in [0.15, 0.2) is 48.8 Å². The summed E-state index contributed by atoms with van der Waals surface area (Å²) in [5.41, 5.74) is 2.00. The fraction of sp³-hybridized carbons (Fsp3) is 0.273. The van der Waals surface area contributed by atoms with Crippen LogP contribution < -0.4 is 4.90 Å². The van der Waals surface area contributed by atoms with Gasteiger partial charge in [-0.25, -0.2) is 14.6 Å². The van der Waals surface area contributed by atoms with Gasteiger partial charge in [-0.1, -0.05) is 18.2 Å². The molecule has 30 heavy (non-hydrogen) atoms. The number of amides is 1. The first-order valence-electron chi connectivity index (χ1n) is 9.97. The largest absolute Gasteiger partial charge is 0.353 e. The van der Waals surface area contributed by atoms with E-state index in [4.69, 9.17) is 0 Å². The number of fused-ring (bicyclic) bond motifs is 1. The van der Waals surface area contributed by atoms with E-state index in [9.17, 15) is 4.79 Å². The maximum Gasteiger partial charge on any atom is 0.264 e. The molecule has 8 heteroatoms. The first kappa shape index (κ1) is 18.7. The second-order valence-electron chi connectivity index (χ2n) is 7.50. The van der Waals surface area contributed by atoms with Gasteiger partial charge in [0.05, 0.1) is 10.6 Å². The molecule has 0 spiro atoms. The Hall–Kier alpha value is -3.26. The SMILES string of the molecule is Cc1cc(C)n(-c2cc(N3CCN(C(=O)c4cc5ccccc5s4)CC3)ncn2)n1. The van der Waals surface area contributed by atoms with Crippen LogP contribution in [0.4, 0.5) is 5.82 Å². The molecule has 3 aromatic heterocycles. The number of carbonyl (C=O) groups is 1. The number of anilines is 1. The van der Waals surface area contributed by atoms with E-state index in [0.717, 1.165) is 51.1 Å². The van der Waals surface area contributed by atoms with Crippen molar-refractivity contribution in [1.29, 1.82) is 0 Å². The lowest BCUT2D eigenvalue weighted by Gasteiger charge is -2.35. The topological polar surface area (TPSA) is 67.2 Å². The van der Waals surface area contributed by atoms with Crippen molar-refractivity contribution in [2.75, 3.05) is 31.1 Å². The van der Waals surface area contributed by atoms with Gasteiger partial charge < -0.3 is 9.80 Å². The summed E-state index contributed by atoms with van der Waals surface area (Å²) >= 11 is 1.56. The Morgan fingerprint density at radius 3 is 2.47 bits per heavy atom. The number of benzene rings is 1. The molecular formula is C22H22N6OS. The molecule has 5 rings (SSSR count). The number of hydrogen-bond donors (Lipinski definition) is 0. The van der Waals surface area contributed by atoms with E-state index in [1.165, 1.54) is 0 Å². The van der Waals surface area contributed by atoms with Crippen LogP contribution in [0.1, 0.15) is 21.1 Å². The van der Waals surface area contributed by atoms with E-state index in [2.05, 4.69) is 32.1 Å². The first-order valence-corrected chi connectivity index (χ1v) is 10.8. The molecule has 152 valence electrons. The zero-order chi connectivity index (χ0) is 20.7. The maximum absolute atomic E-state index is 13.0. The lowest BCUT2D eigenvalue weighted by Crippen LogP contribution is -2.48. The zero-order valence-corrected chi connectivity index (χ0v) is 17.8. The molecule has 0 atom stereocenters. The number of hydrogen-bond acceptors (Lipinski definition) is 6. The van der Waals surface area contributed by atoms with E-state index >= 15 is 0 Å². The standard InChI is InChI=1S/C22H22N6OS/c1-15-11-16(2)28(25-15)21-13-20(23-14-24-21)26-7-9-27(10-8-26)22(29)19-12-17-5-3-4-6-18(17)30-19/h3-6,11-14H,7-10H2,1-2H3. The zero-order valence-electron chi connectivity index (χ0n) is 16.9. The van der Waals surface area contributed by atoms with Crippen molar-refractivity contribution in [2.24, 2.45) is 0 Å². The minimum absolute atomic E-state index is 0.113. The number of piperazine rings is 1. The van der Waals surface area contributed by atoms with Gasteiger partial charge in [0, 0.05) is 42.6 Å². The summed E-state index contributed by atoms with van der Waals surface area (Å²) in [6.45, 7) is 6.81. The lowest BCUT2D eigenvalue weighted by atomic mass is 10.2. The van der Waals surface area contributed by atoms with Crippen LogP contribution >= 0.6 is 11.3 Å².